The molecule has 30 heavy (non-hydrogen) atoms. The molecule has 4 rings (SSSR count). The second-order valence-corrected chi connectivity index (χ2v) is 6.85. The number of carbonyl (C=O) groups excluding carboxylic acids is 1. The number of hydrogen-bond acceptors (Lipinski definition) is 5. The quantitative estimate of drug-likeness (QED) is 0.319. The first-order valence-electron chi connectivity index (χ1n) is 9.66. The molecule has 0 N–H and O–H groups in total. The number of para-hydroxylation sites is 1. The third-order valence-electron chi connectivity index (χ3n) is 4.86. The summed E-state index contributed by atoms with van der Waals surface area (Å²) >= 11 is 0. The van der Waals surface area contributed by atoms with E-state index in [0.29, 0.717) is 28.0 Å². The van der Waals surface area contributed by atoms with Crippen LogP contribution in [0, 0.1) is 6.92 Å². The van der Waals surface area contributed by atoms with Gasteiger partial charge in [0.15, 0.2) is 0 Å². The molecule has 1 heterocycles. The summed E-state index contributed by atoms with van der Waals surface area (Å²) in [6.07, 6.45) is 2.06. The van der Waals surface area contributed by atoms with Crippen LogP contribution in [0.15, 0.2) is 82.2 Å². The highest BCUT2D eigenvalue weighted by atomic mass is 16.5. The maximum absolute atomic E-state index is 12.8. The zero-order valence-electron chi connectivity index (χ0n) is 16.7. The Kier molecular flexibility index (Phi) is 5.35. The van der Waals surface area contributed by atoms with Crippen LogP contribution in [0.5, 0.6) is 17.2 Å². The van der Waals surface area contributed by atoms with Gasteiger partial charge in [0, 0.05) is 6.07 Å². The average molecular weight is 400 g/mol. The molecule has 0 atom stereocenters. The Bertz CT molecular complexity index is 1290. The van der Waals surface area contributed by atoms with Crippen LogP contribution in [0.1, 0.15) is 28.4 Å². The van der Waals surface area contributed by atoms with Crippen LogP contribution in [-0.2, 0) is 6.42 Å². The topological polar surface area (TPSA) is 65.7 Å². The van der Waals surface area contributed by atoms with Gasteiger partial charge in [0.2, 0.25) is 11.2 Å². The van der Waals surface area contributed by atoms with Crippen molar-refractivity contribution in [3.8, 4) is 17.2 Å². The van der Waals surface area contributed by atoms with E-state index in [2.05, 4.69) is 0 Å². The molecule has 5 heteroatoms. The minimum Gasteiger partial charge on any atom is -0.460 e. The molecular weight excluding hydrogens is 380 g/mol. The van der Waals surface area contributed by atoms with Crippen molar-refractivity contribution in [2.24, 2.45) is 0 Å². The summed E-state index contributed by atoms with van der Waals surface area (Å²) in [6.45, 7) is 3.86. The molecule has 1 aromatic heterocycles. The molecule has 0 spiro atoms. The van der Waals surface area contributed by atoms with Crippen LogP contribution in [0.25, 0.3) is 11.0 Å². The first-order chi connectivity index (χ1) is 14.6. The molecule has 0 aliphatic carbocycles. The third kappa shape index (κ3) is 3.82. The highest BCUT2D eigenvalue weighted by molar-refractivity contribution is 5.93. The summed E-state index contributed by atoms with van der Waals surface area (Å²) in [7, 11) is 0. The van der Waals surface area contributed by atoms with Crippen molar-refractivity contribution in [3.05, 3.63) is 99.9 Å². The molecule has 0 fully saturated rings. The molecule has 0 saturated heterocycles. The second-order valence-electron chi connectivity index (χ2n) is 6.85. The largest absolute Gasteiger partial charge is 0.460 e. The van der Waals surface area contributed by atoms with Gasteiger partial charge in [-0.3, -0.25) is 4.79 Å². The maximum atomic E-state index is 12.8. The number of carbonyl (C=O) groups is 1. The van der Waals surface area contributed by atoms with Crippen LogP contribution in [0.2, 0.25) is 0 Å². The van der Waals surface area contributed by atoms with E-state index in [1.807, 2.05) is 50.2 Å². The van der Waals surface area contributed by atoms with E-state index < -0.39 is 5.97 Å². The SMILES string of the molecule is CCc1ccccc1Oc1coc2cc(OC(=O)c3ccccc3C)ccc2c1=O. The zero-order valence-corrected chi connectivity index (χ0v) is 16.7. The van der Waals surface area contributed by atoms with E-state index in [1.165, 1.54) is 12.3 Å². The average Bonchev–Trinajstić information content (AvgIpc) is 2.76. The van der Waals surface area contributed by atoms with E-state index in [4.69, 9.17) is 13.9 Å². The fraction of sp³-hybridized carbons (Fsp3) is 0.120. The smallest absolute Gasteiger partial charge is 0.343 e. The first-order valence-corrected chi connectivity index (χ1v) is 9.66. The van der Waals surface area contributed by atoms with Crippen molar-refractivity contribution in [1.82, 2.24) is 0 Å². The number of benzene rings is 3. The molecule has 4 aromatic rings. The fourth-order valence-corrected chi connectivity index (χ4v) is 3.20. The number of rotatable bonds is 5. The monoisotopic (exact) mass is 400 g/mol. The maximum Gasteiger partial charge on any atom is 0.343 e. The van der Waals surface area contributed by atoms with Gasteiger partial charge in [0.25, 0.3) is 0 Å². The molecule has 0 saturated carbocycles. The van der Waals surface area contributed by atoms with E-state index in [1.54, 1.807) is 24.3 Å². The van der Waals surface area contributed by atoms with Gasteiger partial charge >= 0.3 is 5.97 Å². The molecule has 5 nitrogen and oxygen atoms in total. The number of aryl methyl sites for hydroxylation is 2. The predicted octanol–water partition coefficient (Wildman–Crippen LogP) is 5.68. The summed E-state index contributed by atoms with van der Waals surface area (Å²) in [4.78, 5) is 25.3. The van der Waals surface area contributed by atoms with Crippen molar-refractivity contribution in [2.75, 3.05) is 0 Å². The Hall–Kier alpha value is -3.86. The van der Waals surface area contributed by atoms with Crippen molar-refractivity contribution in [2.45, 2.75) is 20.3 Å². The Morgan fingerprint density at radius 3 is 2.53 bits per heavy atom. The van der Waals surface area contributed by atoms with Crippen LogP contribution < -0.4 is 14.9 Å². The highest BCUT2D eigenvalue weighted by Crippen LogP contribution is 2.27. The molecule has 0 radical (unpaired) electrons. The molecule has 0 unspecified atom stereocenters. The lowest BCUT2D eigenvalue weighted by Gasteiger charge is -2.10. The minimum absolute atomic E-state index is 0.105. The van der Waals surface area contributed by atoms with Gasteiger partial charge in [-0.05, 0) is 48.7 Å². The van der Waals surface area contributed by atoms with Gasteiger partial charge in [0.1, 0.15) is 23.3 Å². The first kappa shape index (κ1) is 19.5. The lowest BCUT2D eigenvalue weighted by Crippen LogP contribution is -2.10. The van der Waals surface area contributed by atoms with Gasteiger partial charge < -0.3 is 13.9 Å². The van der Waals surface area contributed by atoms with E-state index in [0.717, 1.165) is 17.5 Å². The normalized spacial score (nSPS) is 10.7. The minimum atomic E-state index is -0.467. The van der Waals surface area contributed by atoms with Crippen molar-refractivity contribution in [3.63, 3.8) is 0 Å². The van der Waals surface area contributed by atoms with Crippen LogP contribution >= 0.6 is 0 Å². The van der Waals surface area contributed by atoms with Crippen molar-refractivity contribution < 1.29 is 18.7 Å². The molecule has 150 valence electrons. The lowest BCUT2D eigenvalue weighted by atomic mass is 10.1. The van der Waals surface area contributed by atoms with Gasteiger partial charge in [0.05, 0.1) is 10.9 Å². The summed E-state index contributed by atoms with van der Waals surface area (Å²) < 4.78 is 16.9. The molecular formula is C25H20O5. The van der Waals surface area contributed by atoms with Crippen LogP contribution in [0.3, 0.4) is 0 Å². The van der Waals surface area contributed by atoms with Gasteiger partial charge in [-0.2, -0.15) is 0 Å². The van der Waals surface area contributed by atoms with E-state index >= 15 is 0 Å². The number of fused-ring (bicyclic) bond motifs is 1. The Morgan fingerprint density at radius 1 is 0.967 bits per heavy atom. The Morgan fingerprint density at radius 2 is 1.73 bits per heavy atom. The summed E-state index contributed by atoms with van der Waals surface area (Å²) in [5.41, 5.74) is 2.32. The van der Waals surface area contributed by atoms with Gasteiger partial charge in [-0.25, -0.2) is 4.79 Å². The summed E-state index contributed by atoms with van der Waals surface area (Å²) in [5, 5.41) is 0.345. The zero-order chi connectivity index (χ0) is 21.1. The number of ether oxygens (including phenoxy) is 2. The predicted molar refractivity (Wildman–Crippen MR) is 115 cm³/mol. The standard InChI is InChI=1S/C25H20O5/c1-3-17-9-5-7-11-21(17)30-23-15-28-22-14-18(12-13-20(22)24(23)26)29-25(27)19-10-6-4-8-16(19)2/h4-15H,3H2,1-2H3. The molecule has 0 bridgehead atoms. The molecule has 0 aliphatic rings. The summed E-state index contributed by atoms with van der Waals surface area (Å²) in [5.74, 6) is 0.554. The van der Waals surface area contributed by atoms with Crippen LogP contribution in [-0.4, -0.2) is 5.97 Å². The fourth-order valence-electron chi connectivity index (χ4n) is 3.20. The summed E-state index contributed by atoms with van der Waals surface area (Å²) in [6, 6.07) is 19.4. The number of esters is 1. The molecule has 0 amide bonds. The lowest BCUT2D eigenvalue weighted by molar-refractivity contribution is 0.0734. The van der Waals surface area contributed by atoms with Crippen molar-refractivity contribution >= 4 is 16.9 Å². The highest BCUT2D eigenvalue weighted by Gasteiger charge is 2.14. The van der Waals surface area contributed by atoms with Gasteiger partial charge in [-0.1, -0.05) is 43.3 Å². The Balaban J connectivity index is 1.62. The second kappa shape index (κ2) is 8.25. The van der Waals surface area contributed by atoms with E-state index in [9.17, 15) is 9.59 Å². The third-order valence-corrected chi connectivity index (χ3v) is 4.86. The van der Waals surface area contributed by atoms with E-state index in [-0.39, 0.29) is 11.2 Å². The Labute approximate surface area is 173 Å². The molecule has 3 aromatic carbocycles. The van der Waals surface area contributed by atoms with Crippen LogP contribution in [0.4, 0.5) is 0 Å². The van der Waals surface area contributed by atoms with Crippen molar-refractivity contribution in [1.29, 1.82) is 0 Å². The van der Waals surface area contributed by atoms with Gasteiger partial charge in [-0.15, -0.1) is 0 Å². The number of hydrogen-bond donors (Lipinski definition) is 0. The molecule has 0 aliphatic heterocycles.